The minimum atomic E-state index is -4.91. The molecule has 19 heavy (non-hydrogen) atoms. The molecule has 0 aliphatic rings. The van der Waals surface area contributed by atoms with Gasteiger partial charge in [0.05, 0.1) is 7.11 Å². The molecule has 0 atom stereocenters. The summed E-state index contributed by atoms with van der Waals surface area (Å²) < 4.78 is 37.5. The van der Waals surface area contributed by atoms with Gasteiger partial charge < -0.3 is 8.92 Å². The summed E-state index contributed by atoms with van der Waals surface area (Å²) in [6.07, 6.45) is 0. The third kappa shape index (κ3) is 4.92. The number of methoxy groups -OCH3 is 1. The molecule has 0 aliphatic carbocycles. The standard InChI is InChI=1S/C10H9O7S.Na/c1-6-7(9(11)16-2)4-3-5-8(6)10(12)17-18(13,14)15;/h4-5H,1-2H3,(H,13,14,15);/q-1;+1. The minimum absolute atomic E-state index is 0. The van der Waals surface area contributed by atoms with Gasteiger partial charge in [0, 0.05) is 0 Å². The minimum Gasteiger partial charge on any atom is -0.475 e. The summed E-state index contributed by atoms with van der Waals surface area (Å²) in [4.78, 5) is 22.7. The molecule has 1 aromatic carbocycles. The van der Waals surface area contributed by atoms with Crippen molar-refractivity contribution in [1.82, 2.24) is 0 Å². The summed E-state index contributed by atoms with van der Waals surface area (Å²) in [5.41, 5.74) is -0.00735. The van der Waals surface area contributed by atoms with Crippen LogP contribution in [0.3, 0.4) is 0 Å². The molecule has 0 amide bonds. The van der Waals surface area contributed by atoms with Gasteiger partial charge in [-0.15, -0.1) is 5.56 Å². The van der Waals surface area contributed by atoms with Crippen LogP contribution < -0.4 is 29.6 Å². The number of carbonyl (C=O) groups is 2. The number of benzene rings is 1. The van der Waals surface area contributed by atoms with Gasteiger partial charge in [-0.2, -0.15) is 26.6 Å². The Hall–Kier alpha value is -0.930. The maximum Gasteiger partial charge on any atom is 1.00 e. The number of hydrogen-bond donors (Lipinski definition) is 1. The van der Waals surface area contributed by atoms with Crippen molar-refractivity contribution in [3.05, 3.63) is 34.9 Å². The Morgan fingerprint density at radius 1 is 1.21 bits per heavy atom. The molecule has 98 valence electrons. The summed E-state index contributed by atoms with van der Waals surface area (Å²) in [6.45, 7) is 1.40. The predicted octanol–water partition coefficient (Wildman–Crippen LogP) is -2.45. The fourth-order valence-corrected chi connectivity index (χ4v) is 1.53. The van der Waals surface area contributed by atoms with E-state index in [2.05, 4.69) is 15.0 Å². The second-order valence-electron chi connectivity index (χ2n) is 3.20. The zero-order valence-electron chi connectivity index (χ0n) is 10.5. The third-order valence-electron chi connectivity index (χ3n) is 2.07. The van der Waals surface area contributed by atoms with E-state index >= 15 is 0 Å². The maximum atomic E-state index is 11.4. The topological polar surface area (TPSA) is 107 Å². The summed E-state index contributed by atoms with van der Waals surface area (Å²) in [5, 5.41) is 0. The van der Waals surface area contributed by atoms with E-state index in [0.717, 1.165) is 13.2 Å². The van der Waals surface area contributed by atoms with E-state index in [1.54, 1.807) is 0 Å². The molecule has 0 unspecified atom stereocenters. The largest absolute Gasteiger partial charge is 1.00 e. The Morgan fingerprint density at radius 3 is 2.11 bits per heavy atom. The van der Waals surface area contributed by atoms with Crippen molar-refractivity contribution >= 4 is 22.3 Å². The zero-order chi connectivity index (χ0) is 13.9. The van der Waals surface area contributed by atoms with E-state index in [9.17, 15) is 18.0 Å². The van der Waals surface area contributed by atoms with Crippen molar-refractivity contribution in [3.8, 4) is 0 Å². The van der Waals surface area contributed by atoms with E-state index in [4.69, 9.17) is 4.55 Å². The molecule has 0 aromatic heterocycles. The van der Waals surface area contributed by atoms with Crippen molar-refractivity contribution in [3.63, 3.8) is 0 Å². The number of rotatable bonds is 3. The second kappa shape index (κ2) is 7.01. The van der Waals surface area contributed by atoms with Crippen LogP contribution in [0.1, 0.15) is 26.3 Å². The first-order valence-corrected chi connectivity index (χ1v) is 5.93. The molecule has 0 radical (unpaired) electrons. The van der Waals surface area contributed by atoms with Crippen LogP contribution in [0.2, 0.25) is 0 Å². The van der Waals surface area contributed by atoms with Gasteiger partial charge in [0.25, 0.3) is 5.97 Å². The van der Waals surface area contributed by atoms with Crippen LogP contribution in [0.5, 0.6) is 0 Å². The van der Waals surface area contributed by atoms with E-state index in [1.807, 2.05) is 0 Å². The Bertz CT molecular complexity index is 594. The van der Waals surface area contributed by atoms with Crippen molar-refractivity contribution in [2.75, 3.05) is 7.11 Å². The molecule has 0 heterocycles. The van der Waals surface area contributed by atoms with Gasteiger partial charge in [0.2, 0.25) is 0 Å². The Morgan fingerprint density at radius 2 is 1.68 bits per heavy atom. The van der Waals surface area contributed by atoms with Crippen molar-refractivity contribution < 1.29 is 61.0 Å². The molecule has 0 saturated heterocycles. The Balaban J connectivity index is 0.00000324. The van der Waals surface area contributed by atoms with Gasteiger partial charge in [-0.3, -0.25) is 14.1 Å². The molecule has 1 aromatic rings. The van der Waals surface area contributed by atoms with Crippen LogP contribution in [-0.4, -0.2) is 32.0 Å². The van der Waals surface area contributed by atoms with E-state index < -0.39 is 22.3 Å². The Labute approximate surface area is 132 Å². The third-order valence-corrected chi connectivity index (χ3v) is 2.43. The molecule has 9 heteroatoms. The van der Waals surface area contributed by atoms with Gasteiger partial charge in [-0.1, -0.05) is 6.92 Å². The van der Waals surface area contributed by atoms with Gasteiger partial charge >= 0.3 is 45.9 Å². The quantitative estimate of drug-likeness (QED) is 0.285. The molecule has 0 aliphatic heterocycles. The molecule has 1 N–H and O–H groups in total. The number of ether oxygens (including phenoxy) is 1. The normalized spacial score (nSPS) is 10.3. The Kier molecular flexibility index (Phi) is 6.67. The molecular formula is C10H9NaO7S. The molecule has 0 bridgehead atoms. The predicted molar refractivity (Wildman–Crippen MR) is 58.3 cm³/mol. The summed E-state index contributed by atoms with van der Waals surface area (Å²) >= 11 is 0. The van der Waals surface area contributed by atoms with Crippen LogP contribution >= 0.6 is 0 Å². The SMILES string of the molecule is COC(=O)c1c[c-]cc(C(=O)OS(=O)(=O)O)c1C.[Na+]. The average molecular weight is 296 g/mol. The number of esters is 1. The molecular weight excluding hydrogens is 287 g/mol. The van der Waals surface area contributed by atoms with E-state index in [0.29, 0.717) is 0 Å². The van der Waals surface area contributed by atoms with Gasteiger partial charge in [0.1, 0.15) is 0 Å². The first-order chi connectivity index (χ1) is 8.26. The van der Waals surface area contributed by atoms with E-state index in [1.165, 1.54) is 13.0 Å². The first kappa shape index (κ1) is 18.1. The average Bonchev–Trinajstić information content (AvgIpc) is 2.26. The smallest absolute Gasteiger partial charge is 0.475 e. The maximum absolute atomic E-state index is 11.4. The van der Waals surface area contributed by atoms with Crippen LogP contribution in [0.25, 0.3) is 0 Å². The summed E-state index contributed by atoms with van der Waals surface area (Å²) in [5.74, 6) is -2.01. The second-order valence-corrected chi connectivity index (χ2v) is 4.22. The number of hydrogen-bond acceptors (Lipinski definition) is 6. The van der Waals surface area contributed by atoms with Crippen molar-refractivity contribution in [1.29, 1.82) is 0 Å². The fraction of sp³-hybridized carbons (Fsp3) is 0.200. The molecule has 1 rings (SSSR count). The monoisotopic (exact) mass is 296 g/mol. The molecule has 0 saturated carbocycles. The van der Waals surface area contributed by atoms with Gasteiger partial charge in [-0.25, -0.2) is 0 Å². The summed E-state index contributed by atoms with van der Waals surface area (Å²) in [6, 6.07) is 4.89. The fourth-order valence-electron chi connectivity index (χ4n) is 1.24. The van der Waals surface area contributed by atoms with Gasteiger partial charge in [-0.05, 0) is 11.1 Å². The van der Waals surface area contributed by atoms with Crippen LogP contribution in [0.15, 0.2) is 12.1 Å². The zero-order valence-corrected chi connectivity index (χ0v) is 13.3. The van der Waals surface area contributed by atoms with Gasteiger partial charge in [0.15, 0.2) is 0 Å². The van der Waals surface area contributed by atoms with Crippen molar-refractivity contribution in [2.45, 2.75) is 6.92 Å². The van der Waals surface area contributed by atoms with Crippen LogP contribution in [0.4, 0.5) is 0 Å². The van der Waals surface area contributed by atoms with Crippen LogP contribution in [0, 0.1) is 13.0 Å². The molecule has 0 fully saturated rings. The first-order valence-electron chi connectivity index (χ1n) is 4.56. The van der Waals surface area contributed by atoms with Crippen LogP contribution in [-0.2, 0) is 19.3 Å². The van der Waals surface area contributed by atoms with Crippen molar-refractivity contribution in [2.24, 2.45) is 0 Å². The van der Waals surface area contributed by atoms with E-state index in [-0.39, 0.29) is 46.2 Å². The number of carbonyl (C=O) groups excluding carboxylic acids is 2. The molecule has 7 nitrogen and oxygen atoms in total. The molecule has 0 spiro atoms. The summed E-state index contributed by atoms with van der Waals surface area (Å²) in [7, 11) is -3.75.